The summed E-state index contributed by atoms with van der Waals surface area (Å²) in [6.07, 6.45) is 2.64. The predicted molar refractivity (Wildman–Crippen MR) is 71.2 cm³/mol. The van der Waals surface area contributed by atoms with Crippen molar-refractivity contribution in [2.24, 2.45) is 5.84 Å². The molecule has 0 aliphatic heterocycles. The van der Waals surface area contributed by atoms with Crippen molar-refractivity contribution in [3.63, 3.8) is 0 Å². The first-order valence-electron chi connectivity index (χ1n) is 5.13. The lowest BCUT2D eigenvalue weighted by atomic mass is 10.0. The first-order chi connectivity index (χ1) is 7.67. The van der Waals surface area contributed by atoms with Crippen LogP contribution in [-0.4, -0.2) is 11.9 Å². The van der Waals surface area contributed by atoms with Crippen LogP contribution in [0.4, 0.5) is 0 Å². The lowest BCUT2D eigenvalue weighted by Crippen LogP contribution is -2.36. The molecule has 0 amide bonds. The molecule has 0 radical (unpaired) electrons. The van der Waals surface area contributed by atoms with Crippen LogP contribution in [0.3, 0.4) is 0 Å². The van der Waals surface area contributed by atoms with Crippen LogP contribution in [0.2, 0.25) is 10.0 Å². The Morgan fingerprint density at radius 1 is 1.31 bits per heavy atom. The molecule has 0 saturated heterocycles. The molecule has 1 atom stereocenters. The van der Waals surface area contributed by atoms with Crippen molar-refractivity contribution < 1.29 is 0 Å². The van der Waals surface area contributed by atoms with Gasteiger partial charge in [-0.3, -0.25) is 11.3 Å². The van der Waals surface area contributed by atoms with Crippen LogP contribution in [-0.2, 0) is 6.42 Å². The number of nitrogens with one attached hydrogen (secondary N) is 1. The van der Waals surface area contributed by atoms with Gasteiger partial charge in [0, 0.05) is 22.0 Å². The molecule has 1 unspecified atom stereocenters. The first kappa shape index (κ1) is 14.1. The van der Waals surface area contributed by atoms with Crippen LogP contribution in [0.5, 0.6) is 0 Å². The summed E-state index contributed by atoms with van der Waals surface area (Å²) in [4.78, 5) is 0. The average molecular weight is 282 g/mol. The Labute approximate surface area is 111 Å². The summed E-state index contributed by atoms with van der Waals surface area (Å²) < 4.78 is 0. The third-order valence-corrected chi connectivity index (χ3v) is 3.26. The minimum Gasteiger partial charge on any atom is -0.271 e. The second-order valence-electron chi connectivity index (χ2n) is 3.63. The van der Waals surface area contributed by atoms with Crippen LogP contribution in [0.15, 0.2) is 18.2 Å². The van der Waals surface area contributed by atoms with E-state index in [9.17, 15) is 0 Å². The minimum atomic E-state index is 0.192. The van der Waals surface area contributed by atoms with Gasteiger partial charge >= 0.3 is 0 Å². The maximum Gasteiger partial charge on any atom is 0.0453 e. The van der Waals surface area contributed by atoms with Gasteiger partial charge in [-0.05, 0) is 37.0 Å². The second-order valence-corrected chi connectivity index (χ2v) is 4.86. The molecule has 1 aromatic rings. The van der Waals surface area contributed by atoms with E-state index in [-0.39, 0.29) is 6.04 Å². The SMILES string of the molecule is NNC(CCCCl)Cc1ccc(Cl)cc1Cl. The highest BCUT2D eigenvalue weighted by Gasteiger charge is 2.10. The summed E-state index contributed by atoms with van der Waals surface area (Å²) in [6, 6.07) is 5.69. The number of hydrogen-bond donors (Lipinski definition) is 2. The van der Waals surface area contributed by atoms with Gasteiger partial charge in [0.05, 0.1) is 0 Å². The second kappa shape index (κ2) is 7.36. The van der Waals surface area contributed by atoms with Gasteiger partial charge in [-0.15, -0.1) is 11.6 Å². The van der Waals surface area contributed by atoms with Crippen molar-refractivity contribution in [3.8, 4) is 0 Å². The molecule has 0 fully saturated rings. The average Bonchev–Trinajstić information content (AvgIpc) is 2.27. The number of rotatable bonds is 6. The zero-order chi connectivity index (χ0) is 12.0. The van der Waals surface area contributed by atoms with Crippen molar-refractivity contribution in [1.82, 2.24) is 5.43 Å². The van der Waals surface area contributed by atoms with Gasteiger partial charge in [-0.1, -0.05) is 29.3 Å². The molecule has 0 aliphatic carbocycles. The summed E-state index contributed by atoms with van der Waals surface area (Å²) in [5.74, 6) is 6.12. The molecule has 0 bridgehead atoms. The molecular formula is C11H15Cl3N2. The maximum absolute atomic E-state index is 6.09. The highest BCUT2D eigenvalue weighted by Crippen LogP contribution is 2.22. The quantitative estimate of drug-likeness (QED) is 0.476. The topological polar surface area (TPSA) is 38.0 Å². The minimum absolute atomic E-state index is 0.192. The lowest BCUT2D eigenvalue weighted by Gasteiger charge is -2.16. The summed E-state index contributed by atoms with van der Waals surface area (Å²) in [6.45, 7) is 0. The Morgan fingerprint density at radius 2 is 2.06 bits per heavy atom. The smallest absolute Gasteiger partial charge is 0.0453 e. The van der Waals surface area contributed by atoms with Crippen LogP contribution in [0.25, 0.3) is 0 Å². The van der Waals surface area contributed by atoms with Gasteiger partial charge in [0.1, 0.15) is 0 Å². The van der Waals surface area contributed by atoms with Crippen molar-refractivity contribution in [2.45, 2.75) is 25.3 Å². The Morgan fingerprint density at radius 3 is 2.62 bits per heavy atom. The van der Waals surface area contributed by atoms with Gasteiger partial charge in [0.25, 0.3) is 0 Å². The number of hydrazine groups is 1. The van der Waals surface area contributed by atoms with Crippen molar-refractivity contribution >= 4 is 34.8 Å². The number of hydrogen-bond acceptors (Lipinski definition) is 2. The Bertz CT molecular complexity index is 331. The zero-order valence-corrected chi connectivity index (χ0v) is 11.1. The molecule has 5 heteroatoms. The number of benzene rings is 1. The van der Waals surface area contributed by atoms with E-state index in [1.54, 1.807) is 6.07 Å². The molecular weight excluding hydrogens is 266 g/mol. The van der Waals surface area contributed by atoms with Crippen LogP contribution >= 0.6 is 34.8 Å². The summed E-state index contributed by atoms with van der Waals surface area (Å²) >= 11 is 17.6. The third-order valence-electron chi connectivity index (χ3n) is 2.40. The zero-order valence-electron chi connectivity index (χ0n) is 8.85. The van der Waals surface area contributed by atoms with E-state index in [1.165, 1.54) is 0 Å². The molecule has 1 rings (SSSR count). The van der Waals surface area contributed by atoms with E-state index in [4.69, 9.17) is 40.6 Å². The molecule has 1 aromatic carbocycles. The third kappa shape index (κ3) is 4.48. The highest BCUT2D eigenvalue weighted by atomic mass is 35.5. The van der Waals surface area contributed by atoms with Crippen molar-refractivity contribution in [3.05, 3.63) is 33.8 Å². The van der Waals surface area contributed by atoms with E-state index in [2.05, 4.69) is 5.43 Å². The summed E-state index contributed by atoms with van der Waals surface area (Å²) in [5.41, 5.74) is 3.82. The Kier molecular flexibility index (Phi) is 6.47. The van der Waals surface area contributed by atoms with E-state index < -0.39 is 0 Å². The molecule has 0 saturated carbocycles. The van der Waals surface area contributed by atoms with Gasteiger partial charge in [0.15, 0.2) is 0 Å². The Balaban J connectivity index is 2.62. The largest absolute Gasteiger partial charge is 0.271 e. The van der Waals surface area contributed by atoms with Crippen molar-refractivity contribution in [2.75, 3.05) is 5.88 Å². The lowest BCUT2D eigenvalue weighted by molar-refractivity contribution is 0.487. The van der Waals surface area contributed by atoms with Gasteiger partial charge in [0.2, 0.25) is 0 Å². The molecule has 0 aliphatic rings. The van der Waals surface area contributed by atoms with Crippen molar-refractivity contribution in [1.29, 1.82) is 0 Å². The normalized spacial score (nSPS) is 12.8. The van der Waals surface area contributed by atoms with Gasteiger partial charge in [-0.2, -0.15) is 0 Å². The standard InChI is InChI=1S/C11H15Cl3N2/c12-5-1-2-10(16-15)6-8-3-4-9(13)7-11(8)14/h3-4,7,10,16H,1-2,5-6,15H2. The number of nitrogens with two attached hydrogens (primary N) is 1. The fraction of sp³-hybridized carbons (Fsp3) is 0.455. The fourth-order valence-corrected chi connectivity index (χ4v) is 2.16. The van der Waals surface area contributed by atoms with Crippen LogP contribution in [0, 0.1) is 0 Å². The number of halogens is 3. The fourth-order valence-electron chi connectivity index (χ4n) is 1.52. The van der Waals surface area contributed by atoms with Crippen LogP contribution < -0.4 is 11.3 Å². The summed E-state index contributed by atoms with van der Waals surface area (Å²) in [5, 5.41) is 1.32. The molecule has 90 valence electrons. The molecule has 16 heavy (non-hydrogen) atoms. The van der Waals surface area contributed by atoms with E-state index in [1.807, 2.05) is 12.1 Å². The maximum atomic E-state index is 6.09. The number of alkyl halides is 1. The highest BCUT2D eigenvalue weighted by molar-refractivity contribution is 6.35. The van der Waals surface area contributed by atoms with Gasteiger partial charge in [-0.25, -0.2) is 0 Å². The van der Waals surface area contributed by atoms with Gasteiger partial charge < -0.3 is 0 Å². The van der Waals surface area contributed by atoms with E-state index in [0.717, 1.165) is 24.8 Å². The van der Waals surface area contributed by atoms with E-state index >= 15 is 0 Å². The predicted octanol–water partition coefficient (Wildman–Crippen LogP) is 3.39. The van der Waals surface area contributed by atoms with E-state index in [0.29, 0.717) is 15.9 Å². The first-order valence-corrected chi connectivity index (χ1v) is 6.42. The van der Waals surface area contributed by atoms with Crippen LogP contribution in [0.1, 0.15) is 18.4 Å². The molecule has 0 aromatic heterocycles. The molecule has 3 N–H and O–H groups in total. The molecule has 0 spiro atoms. The molecule has 0 heterocycles. The summed E-state index contributed by atoms with van der Waals surface area (Å²) in [7, 11) is 0. The molecule has 2 nitrogen and oxygen atoms in total. The Hall–Kier alpha value is 0.01000. The monoisotopic (exact) mass is 280 g/mol.